The molecule has 0 bridgehead atoms. The third kappa shape index (κ3) is 2.35. The lowest BCUT2D eigenvalue weighted by Gasteiger charge is -2.23. The smallest absolute Gasteiger partial charge is 0.347 e. The summed E-state index contributed by atoms with van der Waals surface area (Å²) in [6.45, 7) is 0. The summed E-state index contributed by atoms with van der Waals surface area (Å²) in [5.41, 5.74) is 1.10. The minimum atomic E-state index is -0.440. The maximum Gasteiger partial charge on any atom is 0.347 e. The van der Waals surface area contributed by atoms with Crippen LogP contribution in [0.25, 0.3) is 0 Å². The SMILES string of the molecule is O=C(OC1CCCCC1)C1Cc2ccccc2O1. The first kappa shape index (κ1) is 11.6. The third-order valence-electron chi connectivity index (χ3n) is 3.75. The van der Waals surface area contributed by atoms with Crippen LogP contribution in [0.15, 0.2) is 24.3 Å². The monoisotopic (exact) mass is 246 g/mol. The van der Waals surface area contributed by atoms with Gasteiger partial charge in [-0.1, -0.05) is 24.6 Å². The first-order chi connectivity index (χ1) is 8.83. The zero-order chi connectivity index (χ0) is 12.4. The van der Waals surface area contributed by atoms with E-state index >= 15 is 0 Å². The Kier molecular flexibility index (Phi) is 3.22. The van der Waals surface area contributed by atoms with E-state index in [2.05, 4.69) is 0 Å². The van der Waals surface area contributed by atoms with Crippen LogP contribution in [0.5, 0.6) is 5.75 Å². The highest BCUT2D eigenvalue weighted by atomic mass is 16.6. The average Bonchev–Trinajstić information content (AvgIpc) is 2.84. The van der Waals surface area contributed by atoms with Gasteiger partial charge < -0.3 is 9.47 Å². The number of rotatable bonds is 2. The molecule has 1 aliphatic heterocycles. The standard InChI is InChI=1S/C15H18O3/c16-15(17-12-7-2-1-3-8-12)14-10-11-6-4-5-9-13(11)18-14/h4-6,9,12,14H,1-3,7-8,10H2. The van der Waals surface area contributed by atoms with Crippen molar-refractivity contribution in [2.24, 2.45) is 0 Å². The van der Waals surface area contributed by atoms with Gasteiger partial charge in [0, 0.05) is 6.42 Å². The first-order valence-electron chi connectivity index (χ1n) is 6.78. The number of para-hydroxylation sites is 1. The lowest BCUT2D eigenvalue weighted by atomic mass is 9.98. The fourth-order valence-electron chi connectivity index (χ4n) is 2.74. The second-order valence-electron chi connectivity index (χ2n) is 5.12. The highest BCUT2D eigenvalue weighted by Gasteiger charge is 2.31. The van der Waals surface area contributed by atoms with Crippen LogP contribution in [-0.4, -0.2) is 18.2 Å². The van der Waals surface area contributed by atoms with Crippen molar-refractivity contribution in [1.29, 1.82) is 0 Å². The van der Waals surface area contributed by atoms with Gasteiger partial charge in [-0.3, -0.25) is 0 Å². The van der Waals surface area contributed by atoms with Gasteiger partial charge in [0.05, 0.1) is 0 Å². The van der Waals surface area contributed by atoms with Gasteiger partial charge in [0.25, 0.3) is 0 Å². The molecular weight excluding hydrogens is 228 g/mol. The van der Waals surface area contributed by atoms with Gasteiger partial charge in [-0.2, -0.15) is 0 Å². The Bertz CT molecular complexity index is 410. The summed E-state index contributed by atoms with van der Waals surface area (Å²) < 4.78 is 11.2. The molecular formula is C15H18O3. The Labute approximate surface area is 107 Å². The number of hydrogen-bond acceptors (Lipinski definition) is 3. The van der Waals surface area contributed by atoms with Gasteiger partial charge in [-0.05, 0) is 37.3 Å². The van der Waals surface area contributed by atoms with Gasteiger partial charge in [0.2, 0.25) is 0 Å². The van der Waals surface area contributed by atoms with Gasteiger partial charge in [0.1, 0.15) is 11.9 Å². The molecule has 0 radical (unpaired) electrons. The predicted molar refractivity (Wildman–Crippen MR) is 67.5 cm³/mol. The molecule has 1 aromatic carbocycles. The van der Waals surface area contributed by atoms with Crippen LogP contribution < -0.4 is 4.74 Å². The molecule has 0 aromatic heterocycles. The summed E-state index contributed by atoms with van der Waals surface area (Å²) in [6, 6.07) is 7.80. The van der Waals surface area contributed by atoms with E-state index < -0.39 is 6.10 Å². The van der Waals surface area contributed by atoms with Crippen LogP contribution in [0.4, 0.5) is 0 Å². The van der Waals surface area contributed by atoms with Crippen LogP contribution in [0.2, 0.25) is 0 Å². The molecule has 0 spiro atoms. The fraction of sp³-hybridized carbons (Fsp3) is 0.533. The van der Waals surface area contributed by atoms with Gasteiger partial charge in [-0.15, -0.1) is 0 Å². The second-order valence-corrected chi connectivity index (χ2v) is 5.12. The maximum atomic E-state index is 12.0. The van der Waals surface area contributed by atoms with Crippen LogP contribution in [0.3, 0.4) is 0 Å². The van der Waals surface area contributed by atoms with Gasteiger partial charge in [0.15, 0.2) is 6.10 Å². The number of hydrogen-bond donors (Lipinski definition) is 0. The van der Waals surface area contributed by atoms with E-state index in [0.717, 1.165) is 24.2 Å². The van der Waals surface area contributed by atoms with Crippen molar-refractivity contribution in [3.63, 3.8) is 0 Å². The highest BCUT2D eigenvalue weighted by Crippen LogP contribution is 2.29. The molecule has 0 amide bonds. The molecule has 3 nitrogen and oxygen atoms in total. The van der Waals surface area contributed by atoms with Crippen molar-refractivity contribution in [2.75, 3.05) is 0 Å². The van der Waals surface area contributed by atoms with Crippen molar-refractivity contribution < 1.29 is 14.3 Å². The quantitative estimate of drug-likeness (QED) is 0.753. The minimum Gasteiger partial charge on any atom is -0.478 e. The van der Waals surface area contributed by atoms with E-state index in [-0.39, 0.29) is 12.1 Å². The van der Waals surface area contributed by atoms with Crippen LogP contribution in [0, 0.1) is 0 Å². The van der Waals surface area contributed by atoms with Crippen molar-refractivity contribution in [2.45, 2.75) is 50.7 Å². The van der Waals surface area contributed by atoms with Crippen molar-refractivity contribution >= 4 is 5.97 Å². The largest absolute Gasteiger partial charge is 0.478 e. The molecule has 1 atom stereocenters. The second kappa shape index (κ2) is 5.01. The number of fused-ring (bicyclic) bond motifs is 1. The molecule has 2 aliphatic rings. The number of benzene rings is 1. The van der Waals surface area contributed by atoms with E-state index in [1.165, 1.54) is 19.3 Å². The molecule has 1 unspecified atom stereocenters. The molecule has 0 N–H and O–H groups in total. The maximum absolute atomic E-state index is 12.0. The Morgan fingerprint density at radius 2 is 1.94 bits per heavy atom. The summed E-state index contributed by atoms with van der Waals surface area (Å²) in [5, 5.41) is 0. The van der Waals surface area contributed by atoms with Crippen molar-refractivity contribution in [3.05, 3.63) is 29.8 Å². The molecule has 1 fully saturated rings. The van der Waals surface area contributed by atoms with E-state index in [4.69, 9.17) is 9.47 Å². The van der Waals surface area contributed by atoms with Gasteiger partial charge >= 0.3 is 5.97 Å². The zero-order valence-corrected chi connectivity index (χ0v) is 10.4. The topological polar surface area (TPSA) is 35.5 Å². The molecule has 0 saturated heterocycles. The molecule has 1 heterocycles. The third-order valence-corrected chi connectivity index (χ3v) is 3.75. The minimum absolute atomic E-state index is 0.110. The van der Waals surface area contributed by atoms with Crippen LogP contribution in [-0.2, 0) is 16.0 Å². The number of carbonyl (C=O) groups is 1. The Hall–Kier alpha value is -1.51. The van der Waals surface area contributed by atoms with Crippen LogP contribution in [0.1, 0.15) is 37.7 Å². The fourth-order valence-corrected chi connectivity index (χ4v) is 2.74. The Morgan fingerprint density at radius 3 is 2.72 bits per heavy atom. The Balaban J connectivity index is 1.58. The molecule has 96 valence electrons. The molecule has 1 saturated carbocycles. The lowest BCUT2D eigenvalue weighted by molar-refractivity contribution is -0.158. The summed E-state index contributed by atoms with van der Waals surface area (Å²) in [4.78, 5) is 12.0. The van der Waals surface area contributed by atoms with Crippen LogP contribution >= 0.6 is 0 Å². The Morgan fingerprint density at radius 1 is 1.17 bits per heavy atom. The highest BCUT2D eigenvalue weighted by molar-refractivity contribution is 5.77. The number of ether oxygens (including phenoxy) is 2. The molecule has 3 rings (SSSR count). The number of esters is 1. The predicted octanol–water partition coefficient (Wildman–Crippen LogP) is 2.87. The summed E-state index contributed by atoms with van der Waals surface area (Å²) in [7, 11) is 0. The molecule has 18 heavy (non-hydrogen) atoms. The van der Waals surface area contributed by atoms with E-state index in [0.29, 0.717) is 6.42 Å². The van der Waals surface area contributed by atoms with Gasteiger partial charge in [-0.25, -0.2) is 4.79 Å². The summed E-state index contributed by atoms with van der Waals surface area (Å²) in [5.74, 6) is 0.626. The number of carbonyl (C=O) groups excluding carboxylic acids is 1. The summed E-state index contributed by atoms with van der Waals surface area (Å²) in [6.07, 6.45) is 5.92. The molecule has 3 heteroatoms. The van der Waals surface area contributed by atoms with E-state index in [1.807, 2.05) is 24.3 Å². The van der Waals surface area contributed by atoms with E-state index in [1.54, 1.807) is 0 Å². The lowest BCUT2D eigenvalue weighted by Crippen LogP contribution is -2.32. The first-order valence-corrected chi connectivity index (χ1v) is 6.78. The molecule has 1 aliphatic carbocycles. The normalized spacial score (nSPS) is 23.2. The average molecular weight is 246 g/mol. The van der Waals surface area contributed by atoms with E-state index in [9.17, 15) is 4.79 Å². The van der Waals surface area contributed by atoms with Crippen molar-refractivity contribution in [3.8, 4) is 5.75 Å². The molecule has 1 aromatic rings. The van der Waals surface area contributed by atoms with Crippen molar-refractivity contribution in [1.82, 2.24) is 0 Å². The zero-order valence-electron chi connectivity index (χ0n) is 10.4. The summed E-state index contributed by atoms with van der Waals surface area (Å²) >= 11 is 0.